The normalized spacial score (nSPS) is 11.0. The summed E-state index contributed by atoms with van der Waals surface area (Å²) < 4.78 is 21.6. The van der Waals surface area contributed by atoms with E-state index in [4.69, 9.17) is 18.9 Å². The maximum absolute atomic E-state index is 12.4. The highest BCUT2D eigenvalue weighted by molar-refractivity contribution is 5.98. The molecular formula is C30H27NO6. The molecule has 0 saturated carbocycles. The Labute approximate surface area is 216 Å². The van der Waals surface area contributed by atoms with E-state index in [-0.39, 0.29) is 17.9 Å². The number of rotatable bonds is 10. The molecule has 3 rings (SSSR count). The third-order valence-electron chi connectivity index (χ3n) is 5.25. The van der Waals surface area contributed by atoms with Crippen molar-refractivity contribution < 1.29 is 28.5 Å². The molecule has 0 bridgehead atoms. The number of ether oxygens (including phenoxy) is 4. The highest BCUT2D eigenvalue weighted by Gasteiger charge is 2.11. The van der Waals surface area contributed by atoms with E-state index < -0.39 is 11.9 Å². The lowest BCUT2D eigenvalue weighted by atomic mass is 10.1. The molecule has 0 aliphatic rings. The number of methoxy groups -OCH3 is 1. The van der Waals surface area contributed by atoms with Crippen molar-refractivity contribution in [1.82, 2.24) is 0 Å². The summed E-state index contributed by atoms with van der Waals surface area (Å²) in [6, 6.07) is 21.6. The van der Waals surface area contributed by atoms with Gasteiger partial charge in [-0.1, -0.05) is 42.5 Å². The third-order valence-corrected chi connectivity index (χ3v) is 5.25. The van der Waals surface area contributed by atoms with Crippen LogP contribution in [0.5, 0.6) is 17.2 Å². The van der Waals surface area contributed by atoms with Crippen LogP contribution in [-0.4, -0.2) is 25.7 Å². The second-order valence-corrected chi connectivity index (χ2v) is 7.84. The highest BCUT2D eigenvalue weighted by atomic mass is 16.5. The summed E-state index contributed by atoms with van der Waals surface area (Å²) in [5.41, 5.74) is 3.32. The molecule has 0 radical (unpaired) electrons. The molecule has 0 aromatic heterocycles. The van der Waals surface area contributed by atoms with Crippen molar-refractivity contribution in [2.24, 2.45) is 0 Å². The smallest absolute Gasteiger partial charge is 0.348 e. The fraction of sp³-hybridized carbons (Fsp3) is 0.167. The van der Waals surface area contributed by atoms with E-state index in [0.717, 1.165) is 16.7 Å². The van der Waals surface area contributed by atoms with Gasteiger partial charge in [-0.15, -0.1) is 0 Å². The topological polar surface area (TPSA) is 94.9 Å². The number of esters is 2. The average Bonchev–Trinajstić information content (AvgIpc) is 2.90. The first-order valence-electron chi connectivity index (χ1n) is 11.6. The van der Waals surface area contributed by atoms with E-state index in [9.17, 15) is 14.9 Å². The highest BCUT2D eigenvalue weighted by Crippen LogP contribution is 2.29. The predicted molar refractivity (Wildman–Crippen MR) is 140 cm³/mol. The van der Waals surface area contributed by atoms with Gasteiger partial charge in [0.1, 0.15) is 24.0 Å². The van der Waals surface area contributed by atoms with Gasteiger partial charge in [0.25, 0.3) is 0 Å². The summed E-state index contributed by atoms with van der Waals surface area (Å²) in [4.78, 5) is 24.2. The van der Waals surface area contributed by atoms with Gasteiger partial charge in [0.15, 0.2) is 11.5 Å². The van der Waals surface area contributed by atoms with Crippen molar-refractivity contribution in [3.8, 4) is 23.3 Å². The standard InChI is InChI=1S/C30H27NO6/c1-4-35-30(33)25(19-31)16-23-9-7-11-26(17-23)37-29(32)15-13-22-12-14-27(28(18-22)34-3)36-20-24-10-6-5-8-21(24)2/h5-18H,4,20H2,1-3H3/b15-13+,25-16+. The third kappa shape index (κ3) is 7.84. The summed E-state index contributed by atoms with van der Waals surface area (Å²) >= 11 is 0. The molecule has 7 heteroatoms. The summed E-state index contributed by atoms with van der Waals surface area (Å²) in [6.07, 6.45) is 4.28. The molecule has 0 spiro atoms. The second-order valence-electron chi connectivity index (χ2n) is 7.84. The van der Waals surface area contributed by atoms with E-state index in [0.29, 0.717) is 23.7 Å². The van der Waals surface area contributed by atoms with Crippen LogP contribution < -0.4 is 14.2 Å². The molecule has 0 aliphatic heterocycles. The maximum Gasteiger partial charge on any atom is 0.348 e. The number of nitrogens with zero attached hydrogens (tertiary/aromatic N) is 1. The number of aryl methyl sites for hydroxylation is 1. The van der Waals surface area contributed by atoms with E-state index in [1.165, 1.54) is 12.2 Å². The summed E-state index contributed by atoms with van der Waals surface area (Å²) in [6.45, 7) is 4.26. The Morgan fingerprint density at radius 3 is 2.51 bits per heavy atom. The molecule has 188 valence electrons. The lowest BCUT2D eigenvalue weighted by Gasteiger charge is -2.12. The molecular weight excluding hydrogens is 470 g/mol. The summed E-state index contributed by atoms with van der Waals surface area (Å²) in [7, 11) is 1.55. The minimum atomic E-state index is -0.711. The van der Waals surface area contributed by atoms with Gasteiger partial charge in [-0.3, -0.25) is 0 Å². The first kappa shape index (κ1) is 26.8. The molecule has 37 heavy (non-hydrogen) atoms. The van der Waals surface area contributed by atoms with Crippen LogP contribution in [0.2, 0.25) is 0 Å². The van der Waals surface area contributed by atoms with E-state index >= 15 is 0 Å². The van der Waals surface area contributed by atoms with Crippen molar-refractivity contribution in [2.75, 3.05) is 13.7 Å². The Balaban J connectivity index is 1.65. The predicted octanol–water partition coefficient (Wildman–Crippen LogP) is 5.67. The van der Waals surface area contributed by atoms with Crippen LogP contribution >= 0.6 is 0 Å². The van der Waals surface area contributed by atoms with E-state index in [2.05, 4.69) is 0 Å². The lowest BCUT2D eigenvalue weighted by molar-refractivity contribution is -0.138. The van der Waals surface area contributed by atoms with E-state index in [1.807, 2.05) is 43.3 Å². The zero-order valence-electron chi connectivity index (χ0n) is 20.9. The molecule has 0 aliphatic carbocycles. The van der Waals surface area contributed by atoms with Crippen molar-refractivity contribution in [3.05, 3.63) is 101 Å². The number of nitriles is 1. The SMILES string of the molecule is CCOC(=O)/C(C#N)=C/c1cccc(OC(=O)/C=C/c2ccc(OCc3ccccc3C)c(OC)c2)c1. The number of carbonyl (C=O) groups excluding carboxylic acids is 2. The van der Waals surface area contributed by atoms with Gasteiger partial charge in [-0.25, -0.2) is 9.59 Å². The quantitative estimate of drug-likeness (QED) is 0.154. The Bertz CT molecular complexity index is 1370. The fourth-order valence-electron chi connectivity index (χ4n) is 3.33. The zero-order chi connectivity index (χ0) is 26.6. The molecule has 0 unspecified atom stereocenters. The van der Waals surface area contributed by atoms with Crippen molar-refractivity contribution in [3.63, 3.8) is 0 Å². The zero-order valence-corrected chi connectivity index (χ0v) is 20.9. The van der Waals surface area contributed by atoms with Gasteiger partial charge in [-0.2, -0.15) is 5.26 Å². The molecule has 0 heterocycles. The van der Waals surface area contributed by atoms with Crippen LogP contribution in [0, 0.1) is 18.3 Å². The molecule has 0 N–H and O–H groups in total. The van der Waals surface area contributed by atoms with Crippen LogP contribution in [0.15, 0.2) is 78.4 Å². The molecule has 0 amide bonds. The molecule has 3 aromatic carbocycles. The Kier molecular flexibility index (Phi) is 9.63. The van der Waals surface area contributed by atoms with Crippen molar-refractivity contribution in [1.29, 1.82) is 5.26 Å². The first-order valence-corrected chi connectivity index (χ1v) is 11.6. The average molecular weight is 498 g/mol. The van der Waals surface area contributed by atoms with Crippen molar-refractivity contribution in [2.45, 2.75) is 20.5 Å². The number of hydrogen-bond acceptors (Lipinski definition) is 7. The second kappa shape index (κ2) is 13.3. The molecule has 0 atom stereocenters. The fourth-order valence-corrected chi connectivity index (χ4v) is 3.33. The number of carbonyl (C=O) groups is 2. The van der Waals surface area contributed by atoms with Gasteiger partial charge >= 0.3 is 11.9 Å². The molecule has 0 fully saturated rings. The number of benzene rings is 3. The minimum Gasteiger partial charge on any atom is -0.493 e. The van der Waals surface area contributed by atoms with Crippen LogP contribution in [0.3, 0.4) is 0 Å². The lowest BCUT2D eigenvalue weighted by Crippen LogP contribution is -2.06. The summed E-state index contributed by atoms with van der Waals surface area (Å²) in [5.74, 6) is 0.0960. The first-order chi connectivity index (χ1) is 17.9. The van der Waals surface area contributed by atoms with Gasteiger partial charge in [0.05, 0.1) is 13.7 Å². The van der Waals surface area contributed by atoms with Crippen molar-refractivity contribution >= 4 is 24.1 Å². The van der Waals surface area contributed by atoms with Crippen LogP contribution in [0.4, 0.5) is 0 Å². The van der Waals surface area contributed by atoms with Crippen LogP contribution in [-0.2, 0) is 20.9 Å². The Morgan fingerprint density at radius 2 is 1.78 bits per heavy atom. The van der Waals surface area contributed by atoms with Gasteiger partial charge in [0, 0.05) is 6.08 Å². The summed E-state index contributed by atoms with van der Waals surface area (Å²) in [5, 5.41) is 9.19. The number of hydrogen-bond donors (Lipinski definition) is 0. The van der Waals surface area contributed by atoms with Gasteiger partial charge in [0.2, 0.25) is 0 Å². The maximum atomic E-state index is 12.4. The Morgan fingerprint density at radius 1 is 0.973 bits per heavy atom. The van der Waals surface area contributed by atoms with Gasteiger partial charge < -0.3 is 18.9 Å². The van der Waals surface area contributed by atoms with Gasteiger partial charge in [-0.05, 0) is 72.5 Å². The minimum absolute atomic E-state index is 0.148. The molecule has 3 aromatic rings. The molecule has 7 nitrogen and oxygen atoms in total. The van der Waals surface area contributed by atoms with Crippen LogP contribution in [0.1, 0.15) is 29.2 Å². The van der Waals surface area contributed by atoms with Crippen LogP contribution in [0.25, 0.3) is 12.2 Å². The monoisotopic (exact) mass is 497 g/mol. The van der Waals surface area contributed by atoms with E-state index in [1.54, 1.807) is 56.5 Å². The largest absolute Gasteiger partial charge is 0.493 e. The Hall–Kier alpha value is -4.83. The molecule has 0 saturated heterocycles.